The minimum absolute atomic E-state index is 0.367. The van der Waals surface area contributed by atoms with Gasteiger partial charge >= 0.3 is 0 Å². The molecule has 1 aromatic carbocycles. The third-order valence-corrected chi connectivity index (χ3v) is 6.89. The molecule has 28 heavy (non-hydrogen) atoms. The summed E-state index contributed by atoms with van der Waals surface area (Å²) in [7, 11) is 1.89. The van der Waals surface area contributed by atoms with Gasteiger partial charge in [-0.05, 0) is 55.8 Å². The van der Waals surface area contributed by atoms with Gasteiger partial charge in [0.15, 0.2) is 5.96 Å². The first-order valence-electron chi connectivity index (χ1n) is 11.0. The van der Waals surface area contributed by atoms with Crippen LogP contribution in [0.2, 0.25) is 0 Å². The Kier molecular flexibility index (Phi) is 6.22. The molecule has 3 fully saturated rings. The molecule has 5 nitrogen and oxygen atoms in total. The van der Waals surface area contributed by atoms with Crippen LogP contribution >= 0.6 is 0 Å². The van der Waals surface area contributed by atoms with E-state index in [0.717, 1.165) is 51.3 Å². The highest BCUT2D eigenvalue weighted by atomic mass is 16.5. The van der Waals surface area contributed by atoms with Gasteiger partial charge < -0.3 is 15.0 Å². The lowest BCUT2D eigenvalue weighted by molar-refractivity contribution is 0.156. The SMILES string of the molecule is CN=C(NCc1ccc(CN2CCC(C)CC2)cc1)N1CCC2(CCOC2)C1. The van der Waals surface area contributed by atoms with Crippen LogP contribution in [-0.2, 0) is 17.8 Å². The van der Waals surface area contributed by atoms with E-state index in [1.807, 2.05) is 7.05 Å². The standard InChI is InChI=1S/C23H36N4O/c1-19-7-11-26(12-8-19)16-21-5-3-20(4-6-21)15-25-22(24-2)27-13-9-23(17-27)10-14-28-18-23/h3-6,19H,7-18H2,1-2H3,(H,24,25). The summed E-state index contributed by atoms with van der Waals surface area (Å²) >= 11 is 0. The Hall–Kier alpha value is -1.59. The molecule has 5 heteroatoms. The Morgan fingerprint density at radius 2 is 1.89 bits per heavy atom. The van der Waals surface area contributed by atoms with Crippen molar-refractivity contribution in [3.05, 3.63) is 35.4 Å². The summed E-state index contributed by atoms with van der Waals surface area (Å²) in [6, 6.07) is 9.11. The molecule has 4 rings (SSSR count). The van der Waals surface area contributed by atoms with Crippen molar-refractivity contribution in [3.8, 4) is 0 Å². The normalized spacial score (nSPS) is 27.1. The molecule has 1 spiro atoms. The number of guanidine groups is 1. The number of piperidine rings is 1. The molecule has 0 amide bonds. The molecule has 3 aliphatic rings. The predicted octanol–water partition coefficient (Wildman–Crippen LogP) is 3.11. The molecule has 0 aliphatic carbocycles. The number of nitrogens with zero attached hydrogens (tertiary/aromatic N) is 3. The van der Waals surface area contributed by atoms with Crippen molar-refractivity contribution in [2.24, 2.45) is 16.3 Å². The van der Waals surface area contributed by atoms with Gasteiger partial charge in [0.1, 0.15) is 0 Å². The number of ether oxygens (including phenoxy) is 1. The van der Waals surface area contributed by atoms with Crippen LogP contribution < -0.4 is 5.32 Å². The lowest BCUT2D eigenvalue weighted by Crippen LogP contribution is -2.41. The first-order chi connectivity index (χ1) is 13.7. The Morgan fingerprint density at radius 3 is 2.57 bits per heavy atom. The van der Waals surface area contributed by atoms with Crippen LogP contribution in [0.15, 0.2) is 29.3 Å². The van der Waals surface area contributed by atoms with Crippen LogP contribution in [0.1, 0.15) is 43.7 Å². The zero-order chi connectivity index (χ0) is 19.4. The van der Waals surface area contributed by atoms with Gasteiger partial charge in [0, 0.05) is 45.2 Å². The first kappa shape index (κ1) is 19.7. The number of rotatable bonds is 4. The first-order valence-corrected chi connectivity index (χ1v) is 11.0. The lowest BCUT2D eigenvalue weighted by atomic mass is 9.87. The summed E-state index contributed by atoms with van der Waals surface area (Å²) < 4.78 is 5.65. The molecular weight excluding hydrogens is 348 g/mol. The van der Waals surface area contributed by atoms with Crippen LogP contribution in [-0.4, -0.2) is 62.2 Å². The van der Waals surface area contributed by atoms with Crippen molar-refractivity contribution in [1.29, 1.82) is 0 Å². The quantitative estimate of drug-likeness (QED) is 0.640. The van der Waals surface area contributed by atoms with Crippen LogP contribution in [0.5, 0.6) is 0 Å². The predicted molar refractivity (Wildman–Crippen MR) is 114 cm³/mol. The number of hydrogen-bond donors (Lipinski definition) is 1. The molecule has 1 unspecified atom stereocenters. The second kappa shape index (κ2) is 8.83. The largest absolute Gasteiger partial charge is 0.381 e. The second-order valence-corrected chi connectivity index (χ2v) is 9.15. The highest BCUT2D eigenvalue weighted by Crippen LogP contribution is 2.38. The summed E-state index contributed by atoms with van der Waals surface area (Å²) in [6.07, 6.45) is 5.09. The molecule has 0 saturated carbocycles. The van der Waals surface area contributed by atoms with Crippen molar-refractivity contribution >= 4 is 5.96 Å². The van der Waals surface area contributed by atoms with Gasteiger partial charge in [-0.25, -0.2) is 0 Å². The van der Waals surface area contributed by atoms with Crippen molar-refractivity contribution in [3.63, 3.8) is 0 Å². The number of nitrogens with one attached hydrogen (secondary N) is 1. The fourth-order valence-electron chi connectivity index (χ4n) is 4.84. The maximum Gasteiger partial charge on any atom is 0.193 e. The maximum atomic E-state index is 5.65. The van der Waals surface area contributed by atoms with E-state index in [0.29, 0.717) is 5.41 Å². The highest BCUT2D eigenvalue weighted by Gasteiger charge is 2.42. The topological polar surface area (TPSA) is 40.1 Å². The van der Waals surface area contributed by atoms with Crippen LogP contribution in [0.25, 0.3) is 0 Å². The minimum atomic E-state index is 0.367. The number of aliphatic imine (C=N–C) groups is 1. The third kappa shape index (κ3) is 4.69. The van der Waals surface area contributed by atoms with Crippen molar-refractivity contribution in [2.75, 3.05) is 46.4 Å². The number of benzene rings is 1. The molecule has 154 valence electrons. The average Bonchev–Trinajstić information content (AvgIpc) is 3.35. The molecule has 3 saturated heterocycles. The Labute approximate surface area is 170 Å². The molecule has 3 heterocycles. The molecule has 1 atom stereocenters. The van der Waals surface area contributed by atoms with Crippen LogP contribution in [0.3, 0.4) is 0 Å². The van der Waals surface area contributed by atoms with E-state index >= 15 is 0 Å². The van der Waals surface area contributed by atoms with E-state index in [-0.39, 0.29) is 0 Å². The summed E-state index contributed by atoms with van der Waals surface area (Å²) in [4.78, 5) is 9.52. The van der Waals surface area contributed by atoms with Crippen LogP contribution in [0.4, 0.5) is 0 Å². The Bertz CT molecular complexity index is 658. The van der Waals surface area contributed by atoms with Gasteiger partial charge in [0.25, 0.3) is 0 Å². The maximum absolute atomic E-state index is 5.65. The number of hydrogen-bond acceptors (Lipinski definition) is 3. The summed E-state index contributed by atoms with van der Waals surface area (Å²) in [5, 5.41) is 3.56. The van der Waals surface area contributed by atoms with Gasteiger partial charge in [-0.2, -0.15) is 0 Å². The average molecular weight is 385 g/mol. The Morgan fingerprint density at radius 1 is 1.14 bits per heavy atom. The zero-order valence-corrected chi connectivity index (χ0v) is 17.6. The van der Waals surface area contributed by atoms with Crippen LogP contribution in [0, 0.1) is 11.3 Å². The summed E-state index contributed by atoms with van der Waals surface area (Å²) in [6.45, 7) is 10.7. The van der Waals surface area contributed by atoms with E-state index in [2.05, 4.69) is 51.3 Å². The van der Waals surface area contributed by atoms with Crippen molar-refractivity contribution in [2.45, 2.75) is 45.7 Å². The van der Waals surface area contributed by atoms with E-state index < -0.39 is 0 Å². The molecule has 0 aromatic heterocycles. The van der Waals surface area contributed by atoms with Gasteiger partial charge in [-0.15, -0.1) is 0 Å². The third-order valence-electron chi connectivity index (χ3n) is 6.89. The van der Waals surface area contributed by atoms with Crippen molar-refractivity contribution in [1.82, 2.24) is 15.1 Å². The zero-order valence-electron chi connectivity index (χ0n) is 17.6. The lowest BCUT2D eigenvalue weighted by Gasteiger charge is -2.30. The molecule has 3 aliphatic heterocycles. The van der Waals surface area contributed by atoms with Crippen molar-refractivity contribution < 1.29 is 4.74 Å². The van der Waals surface area contributed by atoms with Gasteiger partial charge in [0.2, 0.25) is 0 Å². The van der Waals surface area contributed by atoms with Gasteiger partial charge in [-0.3, -0.25) is 9.89 Å². The highest BCUT2D eigenvalue weighted by molar-refractivity contribution is 5.80. The fourth-order valence-corrected chi connectivity index (χ4v) is 4.84. The molecule has 1 aromatic rings. The summed E-state index contributed by atoms with van der Waals surface area (Å²) in [5.74, 6) is 1.92. The fraction of sp³-hybridized carbons (Fsp3) is 0.696. The molecule has 1 N–H and O–H groups in total. The Balaban J connectivity index is 1.26. The van der Waals surface area contributed by atoms with E-state index in [1.54, 1.807) is 0 Å². The molecule has 0 radical (unpaired) electrons. The smallest absolute Gasteiger partial charge is 0.193 e. The monoisotopic (exact) mass is 384 g/mol. The van der Waals surface area contributed by atoms with Gasteiger partial charge in [0.05, 0.1) is 6.61 Å². The minimum Gasteiger partial charge on any atom is -0.381 e. The second-order valence-electron chi connectivity index (χ2n) is 9.15. The van der Waals surface area contributed by atoms with E-state index in [4.69, 9.17) is 4.74 Å². The summed E-state index contributed by atoms with van der Waals surface area (Å²) in [5.41, 5.74) is 3.10. The van der Waals surface area contributed by atoms with E-state index in [9.17, 15) is 0 Å². The number of likely N-dealkylation sites (tertiary alicyclic amines) is 2. The van der Waals surface area contributed by atoms with E-state index in [1.165, 1.54) is 49.9 Å². The molecule has 0 bridgehead atoms. The molecular formula is C23H36N4O. The van der Waals surface area contributed by atoms with Gasteiger partial charge in [-0.1, -0.05) is 31.2 Å².